The summed E-state index contributed by atoms with van der Waals surface area (Å²) < 4.78 is 0. The van der Waals surface area contributed by atoms with Crippen molar-refractivity contribution in [2.45, 2.75) is 53.4 Å². The van der Waals surface area contributed by atoms with E-state index in [9.17, 15) is 0 Å². The summed E-state index contributed by atoms with van der Waals surface area (Å²) >= 11 is 0. The Labute approximate surface area is 126 Å². The summed E-state index contributed by atoms with van der Waals surface area (Å²) in [4.78, 5) is 2.14. The Morgan fingerprint density at radius 1 is 0.950 bits per heavy atom. The van der Waals surface area contributed by atoms with E-state index in [1.54, 1.807) is 0 Å². The van der Waals surface area contributed by atoms with Crippen LogP contribution < -0.4 is 0 Å². The quantitative estimate of drug-likeness (QED) is 0.423. The minimum atomic E-state index is 0.715. The molecule has 112 valence electrons. The van der Waals surface area contributed by atoms with Gasteiger partial charge in [0.05, 0.1) is 6.54 Å². The van der Waals surface area contributed by atoms with Crippen LogP contribution in [0, 0.1) is 12.3 Å². The molecule has 0 fully saturated rings. The minimum Gasteiger partial charge on any atom is -0.292 e. The zero-order chi connectivity index (χ0) is 15.4. The zero-order valence-corrected chi connectivity index (χ0v) is 14.0. The van der Waals surface area contributed by atoms with Crippen LogP contribution in [-0.4, -0.2) is 25.0 Å². The van der Waals surface area contributed by atoms with E-state index in [4.69, 9.17) is 6.42 Å². The highest BCUT2D eigenvalue weighted by Crippen LogP contribution is 2.11. The Hall–Kier alpha value is -1.26. The van der Waals surface area contributed by atoms with Crippen LogP contribution >= 0.6 is 0 Å². The molecule has 0 aromatic heterocycles. The van der Waals surface area contributed by atoms with Gasteiger partial charge >= 0.3 is 0 Å². The molecule has 1 heteroatoms. The highest BCUT2D eigenvalue weighted by atomic mass is 15.1. The Morgan fingerprint density at radius 2 is 1.50 bits per heavy atom. The van der Waals surface area contributed by atoms with E-state index in [2.05, 4.69) is 63.8 Å². The largest absolute Gasteiger partial charge is 0.292 e. The van der Waals surface area contributed by atoms with Crippen LogP contribution in [0.1, 0.15) is 53.4 Å². The average molecular weight is 273 g/mol. The van der Waals surface area contributed by atoms with E-state index < -0.39 is 0 Å². The molecule has 0 amide bonds. The summed E-state index contributed by atoms with van der Waals surface area (Å²) in [6.07, 6.45) is 16.9. The lowest BCUT2D eigenvalue weighted by atomic mass is 10.1. The van der Waals surface area contributed by atoms with E-state index in [1.807, 2.05) is 0 Å². The maximum Gasteiger partial charge on any atom is 0.0599 e. The number of allylic oxidation sites excluding steroid dienone is 5. The SMILES string of the molecule is C#CCN(C)C/C=C(/C)CC/C=C(\C)CCC=C(C)C. The molecular weight excluding hydrogens is 242 g/mol. The Kier molecular flexibility index (Phi) is 10.8. The smallest absolute Gasteiger partial charge is 0.0599 e. The van der Waals surface area contributed by atoms with Gasteiger partial charge in [-0.15, -0.1) is 6.42 Å². The van der Waals surface area contributed by atoms with E-state index in [-0.39, 0.29) is 0 Å². The fraction of sp³-hybridized carbons (Fsp3) is 0.579. The maximum atomic E-state index is 5.28. The first-order valence-electron chi connectivity index (χ1n) is 7.52. The van der Waals surface area contributed by atoms with Crippen LogP contribution in [0.5, 0.6) is 0 Å². The molecule has 0 aliphatic heterocycles. The van der Waals surface area contributed by atoms with Crippen LogP contribution in [0.4, 0.5) is 0 Å². The number of rotatable bonds is 9. The van der Waals surface area contributed by atoms with Gasteiger partial charge in [-0.2, -0.15) is 0 Å². The van der Waals surface area contributed by atoms with Crippen LogP contribution in [0.2, 0.25) is 0 Å². The number of terminal acetylenes is 1. The molecule has 0 bridgehead atoms. The fourth-order valence-corrected chi connectivity index (χ4v) is 1.87. The molecule has 0 aromatic rings. The lowest BCUT2D eigenvalue weighted by molar-refractivity contribution is 0.418. The molecule has 0 atom stereocenters. The molecule has 0 aliphatic rings. The average Bonchev–Trinajstić information content (AvgIpc) is 2.36. The molecular formula is C19H31N. The van der Waals surface area contributed by atoms with Gasteiger partial charge in [-0.05, 0) is 60.4 Å². The van der Waals surface area contributed by atoms with Crippen molar-refractivity contribution < 1.29 is 0 Å². The number of hydrogen-bond acceptors (Lipinski definition) is 1. The molecule has 0 aromatic carbocycles. The standard InChI is InChI=1S/C19H31N/c1-7-15-20(6)16-14-19(5)13-9-12-18(4)11-8-10-17(2)3/h1,10,12,14H,8-9,11,13,15-16H2,2-6H3/b18-12+,19-14-. The lowest BCUT2D eigenvalue weighted by Gasteiger charge is -2.10. The van der Waals surface area contributed by atoms with Crippen molar-refractivity contribution >= 4 is 0 Å². The third kappa shape index (κ3) is 11.8. The summed E-state index contributed by atoms with van der Waals surface area (Å²) in [6.45, 7) is 10.4. The summed E-state index contributed by atoms with van der Waals surface area (Å²) in [5, 5.41) is 0. The van der Waals surface area contributed by atoms with E-state index in [0.29, 0.717) is 6.54 Å². The predicted octanol–water partition coefficient (Wildman–Crippen LogP) is 4.97. The van der Waals surface area contributed by atoms with Gasteiger partial charge in [0.2, 0.25) is 0 Å². The first-order chi connectivity index (χ1) is 9.45. The molecule has 0 N–H and O–H groups in total. The summed E-state index contributed by atoms with van der Waals surface area (Å²) in [5.74, 6) is 2.66. The Morgan fingerprint density at radius 3 is 2.05 bits per heavy atom. The first-order valence-corrected chi connectivity index (χ1v) is 7.52. The van der Waals surface area contributed by atoms with Gasteiger partial charge in [-0.25, -0.2) is 0 Å². The molecule has 0 rings (SSSR count). The van der Waals surface area contributed by atoms with Crippen molar-refractivity contribution in [3.63, 3.8) is 0 Å². The molecule has 20 heavy (non-hydrogen) atoms. The Bertz CT molecular complexity index is 386. The molecule has 0 heterocycles. The first kappa shape index (κ1) is 18.7. The molecule has 0 aliphatic carbocycles. The third-order valence-electron chi connectivity index (χ3n) is 3.24. The normalized spacial score (nSPS) is 12.4. The minimum absolute atomic E-state index is 0.715. The van der Waals surface area contributed by atoms with Gasteiger partial charge in [0.15, 0.2) is 0 Å². The molecule has 0 spiro atoms. The molecule has 0 unspecified atom stereocenters. The van der Waals surface area contributed by atoms with E-state index >= 15 is 0 Å². The highest BCUT2D eigenvalue weighted by molar-refractivity contribution is 5.06. The summed E-state index contributed by atoms with van der Waals surface area (Å²) in [7, 11) is 2.05. The number of nitrogens with zero attached hydrogens (tertiary/aromatic N) is 1. The molecule has 0 radical (unpaired) electrons. The van der Waals surface area contributed by atoms with Crippen molar-refractivity contribution in [1.82, 2.24) is 4.90 Å². The van der Waals surface area contributed by atoms with E-state index in [0.717, 1.165) is 25.8 Å². The third-order valence-corrected chi connectivity index (χ3v) is 3.24. The molecule has 0 saturated carbocycles. The van der Waals surface area contributed by atoms with Crippen molar-refractivity contribution in [3.8, 4) is 12.3 Å². The van der Waals surface area contributed by atoms with Crippen LogP contribution in [-0.2, 0) is 0 Å². The maximum absolute atomic E-state index is 5.28. The van der Waals surface area contributed by atoms with Gasteiger partial charge in [0, 0.05) is 6.54 Å². The van der Waals surface area contributed by atoms with Gasteiger partial charge in [0.1, 0.15) is 0 Å². The van der Waals surface area contributed by atoms with Crippen molar-refractivity contribution in [3.05, 3.63) is 34.9 Å². The van der Waals surface area contributed by atoms with Crippen molar-refractivity contribution in [2.24, 2.45) is 0 Å². The Balaban J connectivity index is 3.94. The van der Waals surface area contributed by atoms with Crippen LogP contribution in [0.3, 0.4) is 0 Å². The van der Waals surface area contributed by atoms with Gasteiger partial charge in [-0.1, -0.05) is 40.9 Å². The fourth-order valence-electron chi connectivity index (χ4n) is 1.87. The second-order valence-corrected chi connectivity index (χ2v) is 5.86. The number of hydrogen-bond donors (Lipinski definition) is 0. The van der Waals surface area contributed by atoms with Crippen LogP contribution in [0.25, 0.3) is 0 Å². The summed E-state index contributed by atoms with van der Waals surface area (Å²) in [6, 6.07) is 0. The summed E-state index contributed by atoms with van der Waals surface area (Å²) in [5.41, 5.74) is 4.36. The second-order valence-electron chi connectivity index (χ2n) is 5.86. The lowest BCUT2D eigenvalue weighted by Crippen LogP contribution is -2.18. The molecule has 1 nitrogen and oxygen atoms in total. The zero-order valence-electron chi connectivity index (χ0n) is 14.0. The van der Waals surface area contributed by atoms with E-state index in [1.165, 1.54) is 23.1 Å². The van der Waals surface area contributed by atoms with Crippen molar-refractivity contribution in [2.75, 3.05) is 20.1 Å². The van der Waals surface area contributed by atoms with Crippen molar-refractivity contribution in [1.29, 1.82) is 0 Å². The monoisotopic (exact) mass is 273 g/mol. The topological polar surface area (TPSA) is 3.24 Å². The predicted molar refractivity (Wildman–Crippen MR) is 91.7 cm³/mol. The highest BCUT2D eigenvalue weighted by Gasteiger charge is 1.94. The van der Waals surface area contributed by atoms with Gasteiger partial charge in [-0.3, -0.25) is 4.90 Å². The second kappa shape index (κ2) is 11.6. The van der Waals surface area contributed by atoms with Gasteiger partial charge < -0.3 is 0 Å². The number of likely N-dealkylation sites (N-methyl/N-ethyl adjacent to an activating group) is 1. The molecule has 0 saturated heterocycles. The van der Waals surface area contributed by atoms with Gasteiger partial charge in [0.25, 0.3) is 0 Å². The van der Waals surface area contributed by atoms with Crippen LogP contribution in [0.15, 0.2) is 34.9 Å².